The van der Waals surface area contributed by atoms with E-state index in [0.29, 0.717) is 42.6 Å². The maximum atomic E-state index is 12.6. The van der Waals surface area contributed by atoms with Crippen molar-refractivity contribution in [3.63, 3.8) is 0 Å². The number of hydrogen-bond acceptors (Lipinski definition) is 5. The van der Waals surface area contributed by atoms with Gasteiger partial charge in [0, 0.05) is 37.2 Å². The van der Waals surface area contributed by atoms with Gasteiger partial charge in [-0.15, -0.1) is 0 Å². The third-order valence-corrected chi connectivity index (χ3v) is 5.27. The van der Waals surface area contributed by atoms with E-state index in [1.807, 2.05) is 12.1 Å². The summed E-state index contributed by atoms with van der Waals surface area (Å²) in [6.07, 6.45) is 5.64. The highest BCUT2D eigenvalue weighted by molar-refractivity contribution is 5.95. The van der Waals surface area contributed by atoms with Crippen molar-refractivity contribution in [2.75, 3.05) is 18.0 Å². The van der Waals surface area contributed by atoms with Crippen molar-refractivity contribution in [2.24, 2.45) is 0 Å². The fourth-order valence-electron chi connectivity index (χ4n) is 3.74. The molecule has 0 aliphatic carbocycles. The van der Waals surface area contributed by atoms with E-state index in [1.165, 1.54) is 17.4 Å². The standard InChI is InChI=1S/C23H24N4O3/c1-16-13-17-5-2-3-7-20(17)27(16)15-21-19(8-12-30-21)23(29)26-11-10-25-22(28)18-6-4-9-24-14-18/h2-9,12,14,16H,10-11,13,15H2,1H3,(H,25,28)(H,26,29). The third-order valence-electron chi connectivity index (χ3n) is 5.27. The SMILES string of the molecule is CC1Cc2ccccc2N1Cc1occc1C(=O)NCCNC(=O)c1cccnc1. The molecule has 1 aromatic carbocycles. The number of para-hydroxylation sites is 1. The first-order valence-corrected chi connectivity index (χ1v) is 10.0. The Hall–Kier alpha value is -3.61. The normalized spacial score (nSPS) is 15.0. The van der Waals surface area contributed by atoms with Crippen LogP contribution in [0.1, 0.15) is 39.0 Å². The highest BCUT2D eigenvalue weighted by Gasteiger charge is 2.27. The smallest absolute Gasteiger partial charge is 0.254 e. The maximum Gasteiger partial charge on any atom is 0.254 e. The van der Waals surface area contributed by atoms with Crippen molar-refractivity contribution in [1.29, 1.82) is 0 Å². The molecule has 30 heavy (non-hydrogen) atoms. The minimum absolute atomic E-state index is 0.213. The van der Waals surface area contributed by atoms with Crippen LogP contribution in [0.25, 0.3) is 0 Å². The van der Waals surface area contributed by atoms with Crippen LogP contribution in [0.5, 0.6) is 0 Å². The molecule has 3 aromatic rings. The van der Waals surface area contributed by atoms with Crippen LogP contribution in [0, 0.1) is 0 Å². The molecule has 0 bridgehead atoms. The van der Waals surface area contributed by atoms with E-state index >= 15 is 0 Å². The average molecular weight is 404 g/mol. The van der Waals surface area contributed by atoms with Crippen molar-refractivity contribution in [3.05, 3.63) is 83.6 Å². The summed E-state index contributed by atoms with van der Waals surface area (Å²) in [6.45, 7) is 3.35. The van der Waals surface area contributed by atoms with Crippen LogP contribution in [-0.2, 0) is 13.0 Å². The van der Waals surface area contributed by atoms with Gasteiger partial charge in [0.1, 0.15) is 5.76 Å². The van der Waals surface area contributed by atoms with Gasteiger partial charge in [-0.3, -0.25) is 14.6 Å². The van der Waals surface area contributed by atoms with Crippen LogP contribution in [0.3, 0.4) is 0 Å². The van der Waals surface area contributed by atoms with Crippen LogP contribution in [0.2, 0.25) is 0 Å². The predicted molar refractivity (Wildman–Crippen MR) is 113 cm³/mol. The molecule has 4 rings (SSSR count). The van der Waals surface area contributed by atoms with Crippen LogP contribution in [0.15, 0.2) is 65.5 Å². The zero-order valence-electron chi connectivity index (χ0n) is 16.8. The molecule has 0 saturated carbocycles. The van der Waals surface area contributed by atoms with E-state index in [4.69, 9.17) is 4.42 Å². The molecular weight excluding hydrogens is 380 g/mol. The number of anilines is 1. The summed E-state index contributed by atoms with van der Waals surface area (Å²) in [5.74, 6) is 0.202. The Morgan fingerprint density at radius 2 is 1.90 bits per heavy atom. The molecule has 0 fully saturated rings. The Bertz CT molecular complexity index is 1030. The van der Waals surface area contributed by atoms with Gasteiger partial charge in [-0.1, -0.05) is 18.2 Å². The molecule has 0 spiro atoms. The lowest BCUT2D eigenvalue weighted by Crippen LogP contribution is -2.35. The molecule has 1 aliphatic heterocycles. The van der Waals surface area contributed by atoms with E-state index in [9.17, 15) is 9.59 Å². The van der Waals surface area contributed by atoms with Crippen molar-refractivity contribution >= 4 is 17.5 Å². The second-order valence-corrected chi connectivity index (χ2v) is 7.32. The minimum atomic E-state index is -0.219. The molecule has 1 unspecified atom stereocenters. The van der Waals surface area contributed by atoms with Gasteiger partial charge < -0.3 is 20.0 Å². The Labute approximate surface area is 175 Å². The van der Waals surface area contributed by atoms with Crippen molar-refractivity contribution in [3.8, 4) is 0 Å². The van der Waals surface area contributed by atoms with Gasteiger partial charge in [0.25, 0.3) is 11.8 Å². The summed E-state index contributed by atoms with van der Waals surface area (Å²) >= 11 is 0. The molecule has 2 N–H and O–H groups in total. The lowest BCUT2D eigenvalue weighted by atomic mass is 10.1. The molecule has 3 heterocycles. The Balaban J connectivity index is 1.32. The van der Waals surface area contributed by atoms with Crippen LogP contribution < -0.4 is 15.5 Å². The number of pyridine rings is 1. The molecule has 1 aliphatic rings. The molecule has 2 aromatic heterocycles. The second kappa shape index (κ2) is 8.82. The number of carbonyl (C=O) groups excluding carboxylic acids is 2. The topological polar surface area (TPSA) is 87.5 Å². The lowest BCUT2D eigenvalue weighted by Gasteiger charge is -2.24. The van der Waals surface area contributed by atoms with Crippen molar-refractivity contribution < 1.29 is 14.0 Å². The molecule has 1 atom stereocenters. The minimum Gasteiger partial charge on any atom is -0.467 e. The van der Waals surface area contributed by atoms with Gasteiger partial charge in [0.15, 0.2) is 0 Å². The Morgan fingerprint density at radius 1 is 1.10 bits per heavy atom. The number of carbonyl (C=O) groups is 2. The van der Waals surface area contributed by atoms with Crippen molar-refractivity contribution in [2.45, 2.75) is 25.9 Å². The summed E-state index contributed by atoms with van der Waals surface area (Å²) in [6, 6.07) is 13.7. The number of furan rings is 1. The molecule has 154 valence electrons. The number of rotatable bonds is 7. The highest BCUT2D eigenvalue weighted by Crippen LogP contribution is 2.33. The number of fused-ring (bicyclic) bond motifs is 1. The van der Waals surface area contributed by atoms with Crippen LogP contribution in [0.4, 0.5) is 5.69 Å². The molecule has 7 heteroatoms. The zero-order valence-corrected chi connectivity index (χ0v) is 16.8. The molecule has 0 radical (unpaired) electrons. The lowest BCUT2D eigenvalue weighted by molar-refractivity contribution is 0.0926. The number of amides is 2. The van der Waals surface area contributed by atoms with Crippen LogP contribution >= 0.6 is 0 Å². The fraction of sp³-hybridized carbons (Fsp3) is 0.261. The summed E-state index contributed by atoms with van der Waals surface area (Å²) in [5.41, 5.74) is 3.50. The summed E-state index contributed by atoms with van der Waals surface area (Å²) in [5, 5.41) is 5.60. The summed E-state index contributed by atoms with van der Waals surface area (Å²) in [4.78, 5) is 30.8. The Kier molecular flexibility index (Phi) is 5.79. The number of hydrogen-bond donors (Lipinski definition) is 2. The molecule has 0 saturated heterocycles. The number of benzene rings is 1. The van der Waals surface area contributed by atoms with E-state index in [1.54, 1.807) is 30.7 Å². The monoisotopic (exact) mass is 404 g/mol. The fourth-order valence-corrected chi connectivity index (χ4v) is 3.74. The first kappa shape index (κ1) is 19.7. The van der Waals surface area contributed by atoms with Gasteiger partial charge in [-0.05, 0) is 43.2 Å². The number of nitrogens with zero attached hydrogens (tertiary/aromatic N) is 2. The largest absolute Gasteiger partial charge is 0.467 e. The van der Waals surface area contributed by atoms with Gasteiger partial charge in [-0.2, -0.15) is 0 Å². The highest BCUT2D eigenvalue weighted by atomic mass is 16.3. The molecular formula is C23H24N4O3. The molecule has 7 nitrogen and oxygen atoms in total. The maximum absolute atomic E-state index is 12.6. The number of aromatic nitrogens is 1. The number of nitrogens with one attached hydrogen (secondary N) is 2. The summed E-state index contributed by atoms with van der Waals surface area (Å²) in [7, 11) is 0. The molecule has 2 amide bonds. The third kappa shape index (κ3) is 4.20. The second-order valence-electron chi connectivity index (χ2n) is 7.32. The first-order chi connectivity index (χ1) is 14.6. The van der Waals surface area contributed by atoms with E-state index in [0.717, 1.165) is 6.42 Å². The van der Waals surface area contributed by atoms with E-state index in [-0.39, 0.29) is 11.8 Å². The average Bonchev–Trinajstić information content (AvgIpc) is 3.36. The van der Waals surface area contributed by atoms with Crippen LogP contribution in [-0.4, -0.2) is 35.9 Å². The predicted octanol–water partition coefficient (Wildman–Crippen LogP) is 2.79. The first-order valence-electron chi connectivity index (χ1n) is 10.0. The van der Waals surface area contributed by atoms with E-state index in [2.05, 4.69) is 39.6 Å². The van der Waals surface area contributed by atoms with Gasteiger partial charge in [0.2, 0.25) is 0 Å². The quantitative estimate of drug-likeness (QED) is 0.592. The van der Waals surface area contributed by atoms with Gasteiger partial charge in [0.05, 0.1) is 23.9 Å². The van der Waals surface area contributed by atoms with Gasteiger partial charge >= 0.3 is 0 Å². The summed E-state index contributed by atoms with van der Waals surface area (Å²) < 4.78 is 5.63. The zero-order chi connectivity index (χ0) is 20.9. The van der Waals surface area contributed by atoms with E-state index < -0.39 is 0 Å². The Morgan fingerprint density at radius 3 is 2.70 bits per heavy atom. The van der Waals surface area contributed by atoms with Crippen molar-refractivity contribution in [1.82, 2.24) is 15.6 Å². The van der Waals surface area contributed by atoms with Gasteiger partial charge in [-0.25, -0.2) is 0 Å².